The Morgan fingerprint density at radius 3 is 2.65 bits per heavy atom. The summed E-state index contributed by atoms with van der Waals surface area (Å²) >= 11 is 3.34. The highest BCUT2D eigenvalue weighted by atomic mass is 79.9. The summed E-state index contributed by atoms with van der Waals surface area (Å²) in [6.45, 7) is 1.62. The number of rotatable bonds is 2. The molecule has 1 aromatic heterocycles. The van der Waals surface area contributed by atoms with Crippen LogP contribution in [-0.2, 0) is 5.60 Å². The third-order valence-electron chi connectivity index (χ3n) is 2.65. The van der Waals surface area contributed by atoms with Crippen molar-refractivity contribution in [2.24, 2.45) is 0 Å². The Morgan fingerprint density at radius 2 is 2.00 bits per heavy atom. The van der Waals surface area contributed by atoms with E-state index in [0.29, 0.717) is 11.1 Å². The molecule has 1 atom stereocenters. The molecule has 0 fully saturated rings. The molecule has 0 radical (unpaired) electrons. The molecule has 2 rings (SSSR count). The van der Waals surface area contributed by atoms with Gasteiger partial charge in [-0.2, -0.15) is 0 Å². The first-order chi connectivity index (χ1) is 8.00. The standard InChI is InChI=1S/C13H11BrFNO/c1-13(17,9-3-2-4-11(14)5-9)10-6-12(15)8-16-7-10/h2-8,17H,1H3. The van der Waals surface area contributed by atoms with Crippen LogP contribution in [0.2, 0.25) is 0 Å². The van der Waals surface area contributed by atoms with E-state index in [1.54, 1.807) is 19.1 Å². The predicted molar refractivity (Wildman–Crippen MR) is 67.0 cm³/mol. The number of aliphatic hydroxyl groups is 1. The van der Waals surface area contributed by atoms with Gasteiger partial charge >= 0.3 is 0 Å². The average Bonchev–Trinajstić information content (AvgIpc) is 2.29. The summed E-state index contributed by atoms with van der Waals surface area (Å²) in [6.07, 6.45) is 2.57. The molecule has 1 heterocycles. The van der Waals surface area contributed by atoms with Gasteiger partial charge in [0, 0.05) is 16.2 Å². The SMILES string of the molecule is CC(O)(c1cncc(F)c1)c1cccc(Br)c1. The summed E-state index contributed by atoms with van der Waals surface area (Å²) in [7, 11) is 0. The average molecular weight is 296 g/mol. The van der Waals surface area contributed by atoms with Gasteiger partial charge in [0.2, 0.25) is 0 Å². The topological polar surface area (TPSA) is 33.1 Å². The van der Waals surface area contributed by atoms with Crippen LogP contribution in [0.3, 0.4) is 0 Å². The van der Waals surface area contributed by atoms with E-state index >= 15 is 0 Å². The van der Waals surface area contributed by atoms with Gasteiger partial charge in [-0.15, -0.1) is 0 Å². The second-order valence-corrected chi connectivity index (χ2v) is 4.89. The molecule has 4 heteroatoms. The van der Waals surface area contributed by atoms with Gasteiger partial charge in [-0.1, -0.05) is 28.1 Å². The molecule has 0 bridgehead atoms. The number of pyridine rings is 1. The van der Waals surface area contributed by atoms with E-state index in [0.717, 1.165) is 10.7 Å². The fourth-order valence-electron chi connectivity index (χ4n) is 1.64. The molecule has 17 heavy (non-hydrogen) atoms. The Balaban J connectivity index is 2.49. The van der Waals surface area contributed by atoms with Crippen molar-refractivity contribution in [1.82, 2.24) is 4.98 Å². The molecule has 0 amide bonds. The normalized spacial score (nSPS) is 14.4. The van der Waals surface area contributed by atoms with Gasteiger partial charge in [-0.25, -0.2) is 4.39 Å². The highest BCUT2D eigenvalue weighted by Gasteiger charge is 2.26. The largest absolute Gasteiger partial charge is 0.381 e. The number of hydrogen-bond donors (Lipinski definition) is 1. The molecule has 2 nitrogen and oxygen atoms in total. The van der Waals surface area contributed by atoms with Crippen LogP contribution in [0.15, 0.2) is 47.2 Å². The van der Waals surface area contributed by atoms with Gasteiger partial charge in [0.05, 0.1) is 6.20 Å². The van der Waals surface area contributed by atoms with Crippen molar-refractivity contribution in [3.8, 4) is 0 Å². The zero-order valence-corrected chi connectivity index (χ0v) is 10.8. The van der Waals surface area contributed by atoms with Crippen molar-refractivity contribution in [3.63, 3.8) is 0 Å². The molecule has 0 saturated carbocycles. The Bertz CT molecular complexity index is 495. The van der Waals surface area contributed by atoms with Crippen LogP contribution >= 0.6 is 15.9 Å². The molecule has 0 spiro atoms. The second kappa shape index (κ2) is 4.55. The first-order valence-electron chi connectivity index (χ1n) is 5.09. The number of hydrogen-bond acceptors (Lipinski definition) is 2. The molecule has 0 saturated heterocycles. The van der Waals surface area contributed by atoms with Crippen molar-refractivity contribution >= 4 is 15.9 Å². The molecule has 1 N–H and O–H groups in total. The van der Waals surface area contributed by atoms with E-state index in [4.69, 9.17) is 0 Å². The highest BCUT2D eigenvalue weighted by Crippen LogP contribution is 2.30. The summed E-state index contributed by atoms with van der Waals surface area (Å²) in [5.74, 6) is -0.460. The maximum Gasteiger partial charge on any atom is 0.141 e. The van der Waals surface area contributed by atoms with E-state index in [1.165, 1.54) is 12.3 Å². The van der Waals surface area contributed by atoms with Gasteiger partial charge in [0.1, 0.15) is 11.4 Å². The zero-order valence-electron chi connectivity index (χ0n) is 9.19. The van der Waals surface area contributed by atoms with E-state index in [1.807, 2.05) is 12.1 Å². The van der Waals surface area contributed by atoms with Crippen LogP contribution in [0.5, 0.6) is 0 Å². The maximum atomic E-state index is 13.1. The Kier molecular flexibility index (Phi) is 3.26. The zero-order chi connectivity index (χ0) is 12.5. The van der Waals surface area contributed by atoms with Crippen molar-refractivity contribution in [2.45, 2.75) is 12.5 Å². The van der Waals surface area contributed by atoms with Crippen LogP contribution in [0.4, 0.5) is 4.39 Å². The smallest absolute Gasteiger partial charge is 0.141 e. The molecular weight excluding hydrogens is 285 g/mol. The van der Waals surface area contributed by atoms with Crippen molar-refractivity contribution in [1.29, 1.82) is 0 Å². The Morgan fingerprint density at radius 1 is 1.24 bits per heavy atom. The minimum Gasteiger partial charge on any atom is -0.381 e. The number of halogens is 2. The van der Waals surface area contributed by atoms with Crippen LogP contribution in [0, 0.1) is 5.82 Å². The Hall–Kier alpha value is -1.26. The van der Waals surface area contributed by atoms with E-state index < -0.39 is 11.4 Å². The first kappa shape index (κ1) is 12.2. The first-order valence-corrected chi connectivity index (χ1v) is 5.89. The third kappa shape index (κ3) is 2.53. The lowest BCUT2D eigenvalue weighted by Gasteiger charge is -2.24. The van der Waals surface area contributed by atoms with Gasteiger partial charge in [0.25, 0.3) is 0 Å². The summed E-state index contributed by atoms with van der Waals surface area (Å²) in [5.41, 5.74) is -0.159. The van der Waals surface area contributed by atoms with Crippen molar-refractivity contribution in [3.05, 3.63) is 64.1 Å². The third-order valence-corrected chi connectivity index (χ3v) is 3.15. The van der Waals surface area contributed by atoms with Gasteiger partial charge in [0.15, 0.2) is 0 Å². The summed E-state index contributed by atoms with van der Waals surface area (Å²) < 4.78 is 14.0. The van der Waals surface area contributed by atoms with Crippen LogP contribution in [0.1, 0.15) is 18.1 Å². The van der Waals surface area contributed by atoms with Crippen molar-refractivity contribution < 1.29 is 9.50 Å². The van der Waals surface area contributed by atoms with Crippen LogP contribution in [-0.4, -0.2) is 10.1 Å². The minimum absolute atomic E-state index is 0.426. The van der Waals surface area contributed by atoms with Crippen LogP contribution in [0.25, 0.3) is 0 Å². The highest BCUT2D eigenvalue weighted by molar-refractivity contribution is 9.10. The van der Waals surface area contributed by atoms with Gasteiger partial charge in [-0.3, -0.25) is 4.98 Å². The molecule has 0 aliphatic heterocycles. The maximum absolute atomic E-state index is 13.1. The molecule has 0 aliphatic rings. The summed E-state index contributed by atoms with van der Waals surface area (Å²) in [6, 6.07) is 8.55. The van der Waals surface area contributed by atoms with Gasteiger partial charge in [-0.05, 0) is 30.7 Å². The van der Waals surface area contributed by atoms with Gasteiger partial charge < -0.3 is 5.11 Å². The fraction of sp³-hybridized carbons (Fsp3) is 0.154. The monoisotopic (exact) mass is 295 g/mol. The lowest BCUT2D eigenvalue weighted by molar-refractivity contribution is 0.101. The summed E-state index contributed by atoms with van der Waals surface area (Å²) in [5, 5.41) is 10.5. The minimum atomic E-state index is -1.27. The fourth-order valence-corrected chi connectivity index (χ4v) is 2.04. The molecule has 88 valence electrons. The number of benzene rings is 1. The van der Waals surface area contributed by atoms with E-state index in [-0.39, 0.29) is 0 Å². The quantitative estimate of drug-likeness (QED) is 0.923. The molecule has 1 aromatic carbocycles. The van der Waals surface area contributed by atoms with Crippen molar-refractivity contribution in [2.75, 3.05) is 0 Å². The second-order valence-electron chi connectivity index (χ2n) is 3.97. The number of aromatic nitrogens is 1. The molecular formula is C13H11BrFNO. The molecule has 0 aliphatic carbocycles. The Labute approximate surface area is 107 Å². The van der Waals surface area contributed by atoms with E-state index in [2.05, 4.69) is 20.9 Å². The lowest BCUT2D eigenvalue weighted by Crippen LogP contribution is -2.23. The lowest BCUT2D eigenvalue weighted by atomic mass is 9.89. The number of nitrogens with zero attached hydrogens (tertiary/aromatic N) is 1. The summed E-state index contributed by atoms with van der Waals surface area (Å²) in [4.78, 5) is 3.75. The van der Waals surface area contributed by atoms with E-state index in [9.17, 15) is 9.50 Å². The predicted octanol–water partition coefficient (Wildman–Crippen LogP) is 3.24. The molecule has 1 unspecified atom stereocenters. The van der Waals surface area contributed by atoms with Crippen LogP contribution < -0.4 is 0 Å². The molecule has 2 aromatic rings.